The smallest absolute Gasteiger partial charge is 0.234 e. The molecule has 1 aromatic rings. The Kier molecular flexibility index (Phi) is 4.97. The predicted octanol–water partition coefficient (Wildman–Crippen LogP) is 4.47. The highest BCUT2D eigenvalue weighted by Gasteiger charge is 2.08. The topological polar surface area (TPSA) is 22.1 Å². The molecule has 1 heterocycles. The molecular formula is C10H12Cl3NO. The maximum absolute atomic E-state index is 5.89. The molecule has 0 amide bonds. The van der Waals surface area contributed by atoms with E-state index in [1.165, 1.54) is 6.07 Å². The van der Waals surface area contributed by atoms with Gasteiger partial charge in [-0.15, -0.1) is 0 Å². The molecule has 0 aromatic carbocycles. The van der Waals surface area contributed by atoms with Crippen LogP contribution in [-0.4, -0.2) is 11.6 Å². The fraction of sp³-hybridized carbons (Fsp3) is 0.500. The Morgan fingerprint density at radius 1 is 1.27 bits per heavy atom. The standard InChI is InChI=1S/C10H12Cl3NO/c1-6(2)3-4-15-10-8(12)5-7(11)9(13)14-10/h5-6H,3-4H2,1-2H3. The molecule has 0 unspecified atom stereocenters. The van der Waals surface area contributed by atoms with Gasteiger partial charge in [-0.2, -0.15) is 4.98 Å². The maximum Gasteiger partial charge on any atom is 0.234 e. The summed E-state index contributed by atoms with van der Waals surface area (Å²) >= 11 is 17.4. The number of pyridine rings is 1. The predicted molar refractivity (Wildman–Crippen MR) is 64.2 cm³/mol. The van der Waals surface area contributed by atoms with Crippen molar-refractivity contribution in [3.8, 4) is 5.88 Å². The third-order valence-electron chi connectivity index (χ3n) is 1.79. The molecule has 84 valence electrons. The first-order valence-corrected chi connectivity index (χ1v) is 5.78. The summed E-state index contributed by atoms with van der Waals surface area (Å²) < 4.78 is 5.40. The lowest BCUT2D eigenvalue weighted by molar-refractivity contribution is 0.279. The van der Waals surface area contributed by atoms with Crippen LogP contribution in [0.2, 0.25) is 15.2 Å². The normalized spacial score (nSPS) is 10.8. The van der Waals surface area contributed by atoms with Gasteiger partial charge in [0.2, 0.25) is 5.88 Å². The zero-order valence-electron chi connectivity index (χ0n) is 8.56. The lowest BCUT2D eigenvalue weighted by atomic mass is 10.1. The van der Waals surface area contributed by atoms with Gasteiger partial charge in [0.05, 0.1) is 11.6 Å². The Labute approximate surface area is 104 Å². The summed E-state index contributed by atoms with van der Waals surface area (Å²) in [5.74, 6) is 0.915. The number of aromatic nitrogens is 1. The van der Waals surface area contributed by atoms with E-state index in [2.05, 4.69) is 18.8 Å². The third-order valence-corrected chi connectivity index (χ3v) is 2.73. The van der Waals surface area contributed by atoms with Gasteiger partial charge in [-0.25, -0.2) is 0 Å². The second-order valence-corrected chi connectivity index (χ2v) is 4.75. The van der Waals surface area contributed by atoms with E-state index in [4.69, 9.17) is 39.5 Å². The van der Waals surface area contributed by atoms with E-state index in [1.807, 2.05) is 0 Å². The van der Waals surface area contributed by atoms with Crippen molar-refractivity contribution in [1.82, 2.24) is 4.98 Å². The lowest BCUT2D eigenvalue weighted by Gasteiger charge is -2.09. The van der Waals surface area contributed by atoms with E-state index in [1.54, 1.807) is 0 Å². The van der Waals surface area contributed by atoms with Crippen LogP contribution in [0.3, 0.4) is 0 Å². The second-order valence-electron chi connectivity index (χ2n) is 3.58. The first-order valence-electron chi connectivity index (χ1n) is 4.65. The SMILES string of the molecule is CC(C)CCOc1nc(Cl)c(Cl)cc1Cl. The molecule has 0 fully saturated rings. The molecule has 5 heteroatoms. The van der Waals surface area contributed by atoms with Crippen LogP contribution in [0.25, 0.3) is 0 Å². The Morgan fingerprint density at radius 3 is 2.53 bits per heavy atom. The molecular weight excluding hydrogens is 256 g/mol. The van der Waals surface area contributed by atoms with Crippen LogP contribution < -0.4 is 4.74 Å². The fourth-order valence-corrected chi connectivity index (χ4v) is 1.47. The molecule has 2 nitrogen and oxygen atoms in total. The Morgan fingerprint density at radius 2 is 1.93 bits per heavy atom. The van der Waals surface area contributed by atoms with E-state index in [0.717, 1.165) is 6.42 Å². The van der Waals surface area contributed by atoms with Gasteiger partial charge in [0, 0.05) is 0 Å². The van der Waals surface area contributed by atoms with Gasteiger partial charge >= 0.3 is 0 Å². The zero-order valence-corrected chi connectivity index (χ0v) is 10.8. The van der Waals surface area contributed by atoms with Crippen molar-refractivity contribution in [3.63, 3.8) is 0 Å². The number of nitrogens with zero attached hydrogens (tertiary/aromatic N) is 1. The summed E-state index contributed by atoms with van der Waals surface area (Å²) in [5.41, 5.74) is 0. The van der Waals surface area contributed by atoms with E-state index in [-0.39, 0.29) is 5.15 Å². The summed E-state index contributed by atoms with van der Waals surface area (Å²) in [7, 11) is 0. The summed E-state index contributed by atoms with van der Waals surface area (Å²) in [6, 6.07) is 1.53. The Balaban J connectivity index is 2.65. The second kappa shape index (κ2) is 5.78. The highest BCUT2D eigenvalue weighted by atomic mass is 35.5. The van der Waals surface area contributed by atoms with Gasteiger partial charge in [0.15, 0.2) is 5.15 Å². The molecule has 1 aromatic heterocycles. The van der Waals surface area contributed by atoms with Gasteiger partial charge in [-0.3, -0.25) is 0 Å². The van der Waals surface area contributed by atoms with Crippen LogP contribution in [0.5, 0.6) is 5.88 Å². The van der Waals surface area contributed by atoms with Crippen molar-refractivity contribution >= 4 is 34.8 Å². The molecule has 0 saturated heterocycles. The summed E-state index contributed by atoms with van der Waals surface area (Å²) in [6.45, 7) is 4.81. The molecule has 0 aliphatic carbocycles. The Hall–Kier alpha value is -0.180. The van der Waals surface area contributed by atoms with E-state index < -0.39 is 0 Å². The lowest BCUT2D eigenvalue weighted by Crippen LogP contribution is -2.03. The molecule has 0 atom stereocenters. The molecule has 0 radical (unpaired) electrons. The van der Waals surface area contributed by atoms with Gasteiger partial charge in [-0.05, 0) is 18.4 Å². The minimum absolute atomic E-state index is 0.209. The molecule has 0 aliphatic heterocycles. The molecule has 0 bridgehead atoms. The van der Waals surface area contributed by atoms with Crippen molar-refractivity contribution in [2.45, 2.75) is 20.3 Å². The first kappa shape index (κ1) is 12.9. The number of ether oxygens (including phenoxy) is 1. The molecule has 0 N–H and O–H groups in total. The van der Waals surface area contributed by atoms with Crippen molar-refractivity contribution < 1.29 is 4.74 Å². The first-order chi connectivity index (χ1) is 7.00. The minimum atomic E-state index is 0.209. The van der Waals surface area contributed by atoms with E-state index in [0.29, 0.717) is 28.5 Å². The van der Waals surface area contributed by atoms with Crippen molar-refractivity contribution in [2.75, 3.05) is 6.61 Å². The highest BCUT2D eigenvalue weighted by Crippen LogP contribution is 2.30. The fourth-order valence-electron chi connectivity index (χ4n) is 0.921. The van der Waals surface area contributed by atoms with E-state index in [9.17, 15) is 0 Å². The largest absolute Gasteiger partial charge is 0.477 e. The van der Waals surface area contributed by atoms with Crippen molar-refractivity contribution in [3.05, 3.63) is 21.3 Å². The molecule has 0 aliphatic rings. The number of rotatable bonds is 4. The summed E-state index contributed by atoms with van der Waals surface area (Å²) in [4.78, 5) is 3.95. The van der Waals surface area contributed by atoms with Gasteiger partial charge < -0.3 is 4.74 Å². The third kappa shape index (κ3) is 4.06. The van der Waals surface area contributed by atoms with Crippen LogP contribution in [-0.2, 0) is 0 Å². The van der Waals surface area contributed by atoms with Gasteiger partial charge in [0.25, 0.3) is 0 Å². The monoisotopic (exact) mass is 267 g/mol. The molecule has 1 rings (SSSR count). The van der Waals surface area contributed by atoms with Gasteiger partial charge in [0.1, 0.15) is 5.02 Å². The van der Waals surface area contributed by atoms with Crippen molar-refractivity contribution in [2.24, 2.45) is 5.92 Å². The van der Waals surface area contributed by atoms with Crippen LogP contribution in [0, 0.1) is 5.92 Å². The minimum Gasteiger partial charge on any atom is -0.477 e. The quantitative estimate of drug-likeness (QED) is 0.752. The molecule has 15 heavy (non-hydrogen) atoms. The maximum atomic E-state index is 5.89. The van der Waals surface area contributed by atoms with Crippen LogP contribution in [0.15, 0.2) is 6.07 Å². The van der Waals surface area contributed by atoms with Gasteiger partial charge in [-0.1, -0.05) is 48.7 Å². The van der Waals surface area contributed by atoms with Crippen LogP contribution in [0.4, 0.5) is 0 Å². The van der Waals surface area contributed by atoms with Crippen molar-refractivity contribution in [1.29, 1.82) is 0 Å². The zero-order chi connectivity index (χ0) is 11.4. The van der Waals surface area contributed by atoms with Crippen LogP contribution in [0.1, 0.15) is 20.3 Å². The molecule has 0 spiro atoms. The summed E-state index contributed by atoms with van der Waals surface area (Å²) in [6.07, 6.45) is 0.943. The number of halogens is 3. The average Bonchev–Trinajstić information content (AvgIpc) is 2.13. The molecule has 0 saturated carbocycles. The average molecular weight is 269 g/mol. The number of hydrogen-bond donors (Lipinski definition) is 0. The van der Waals surface area contributed by atoms with E-state index >= 15 is 0 Å². The Bertz CT molecular complexity index is 342. The highest BCUT2D eigenvalue weighted by molar-refractivity contribution is 6.42. The van der Waals surface area contributed by atoms with Crippen LogP contribution >= 0.6 is 34.8 Å². The summed E-state index contributed by atoms with van der Waals surface area (Å²) in [5, 5.41) is 0.923. The number of hydrogen-bond acceptors (Lipinski definition) is 2.